The molecule has 9 nitrogen and oxygen atoms in total. The summed E-state index contributed by atoms with van der Waals surface area (Å²) in [4.78, 5) is 22.5. The van der Waals surface area contributed by atoms with Crippen LogP contribution < -0.4 is 21.1 Å². The minimum absolute atomic E-state index is 0.133. The van der Waals surface area contributed by atoms with Crippen molar-refractivity contribution in [2.75, 3.05) is 10.6 Å². The Morgan fingerprint density at radius 2 is 2.03 bits per heavy atom. The molecule has 3 N–H and O–H groups in total. The minimum atomic E-state index is -3.02. The van der Waals surface area contributed by atoms with E-state index in [1.54, 1.807) is 31.3 Å². The normalized spacial score (nSPS) is 10.8. The van der Waals surface area contributed by atoms with E-state index in [0.717, 1.165) is 5.56 Å². The molecule has 0 aliphatic heterocycles. The zero-order valence-corrected chi connectivity index (χ0v) is 15.9. The van der Waals surface area contributed by atoms with Gasteiger partial charge in [-0.15, -0.1) is 0 Å². The van der Waals surface area contributed by atoms with Gasteiger partial charge in [0, 0.05) is 29.2 Å². The Morgan fingerprint density at radius 1 is 1.19 bits per heavy atom. The smallest absolute Gasteiger partial charge is 0.417 e. The highest BCUT2D eigenvalue weighted by molar-refractivity contribution is 5.78. The zero-order valence-electron chi connectivity index (χ0n) is 15.9. The fraction of sp³-hybridized carbons (Fsp3) is 0.100. The fourth-order valence-electron chi connectivity index (χ4n) is 2.83. The standard InChI is InChI=1S/C20H14F2N6O3/c1-10-9-24-19(26-13-4-11(8-23)5-14(6-13)30-18(21)22)28-17(10)25-12-2-3-16-15(7-12)27-20(29)31-16/h2-7,9,18H,1H3,(H,27,29)(H2,24,25,26,28). The maximum absolute atomic E-state index is 12.5. The molecule has 0 atom stereocenters. The quantitative estimate of drug-likeness (QED) is 0.420. The van der Waals surface area contributed by atoms with Gasteiger partial charge >= 0.3 is 12.4 Å². The van der Waals surface area contributed by atoms with Crippen molar-refractivity contribution < 1.29 is 17.9 Å². The molecule has 2 heterocycles. The first-order valence-corrected chi connectivity index (χ1v) is 8.90. The largest absolute Gasteiger partial charge is 0.435 e. The van der Waals surface area contributed by atoms with Crippen LogP contribution in [0.3, 0.4) is 0 Å². The Bertz CT molecular complexity index is 1360. The van der Waals surface area contributed by atoms with E-state index in [2.05, 4.69) is 30.3 Å². The number of fused-ring (bicyclic) bond motifs is 1. The van der Waals surface area contributed by atoms with Crippen LogP contribution in [-0.2, 0) is 0 Å². The summed E-state index contributed by atoms with van der Waals surface area (Å²) in [6, 6.07) is 10.9. The molecule has 0 aliphatic carbocycles. The van der Waals surface area contributed by atoms with Gasteiger partial charge in [-0.05, 0) is 37.3 Å². The Morgan fingerprint density at radius 3 is 2.81 bits per heavy atom. The van der Waals surface area contributed by atoms with Gasteiger partial charge in [0.1, 0.15) is 11.6 Å². The van der Waals surface area contributed by atoms with E-state index < -0.39 is 12.4 Å². The molecule has 0 spiro atoms. The van der Waals surface area contributed by atoms with Crippen LogP contribution in [0.25, 0.3) is 11.1 Å². The van der Waals surface area contributed by atoms with E-state index in [-0.39, 0.29) is 17.3 Å². The molecule has 2 aromatic carbocycles. The highest BCUT2D eigenvalue weighted by atomic mass is 19.3. The lowest BCUT2D eigenvalue weighted by Crippen LogP contribution is -2.05. The van der Waals surface area contributed by atoms with Crippen LogP contribution in [0.1, 0.15) is 11.1 Å². The predicted octanol–water partition coefficient (Wildman–Crippen LogP) is 4.18. The third-order valence-electron chi connectivity index (χ3n) is 4.17. The number of H-pyrrole nitrogens is 1. The van der Waals surface area contributed by atoms with E-state index in [0.29, 0.717) is 28.3 Å². The van der Waals surface area contributed by atoms with Crippen molar-refractivity contribution in [3.63, 3.8) is 0 Å². The monoisotopic (exact) mass is 424 g/mol. The average Bonchev–Trinajstić information content (AvgIpc) is 3.09. The molecule has 0 fully saturated rings. The van der Waals surface area contributed by atoms with E-state index in [1.165, 1.54) is 18.2 Å². The molecular weight excluding hydrogens is 410 g/mol. The van der Waals surface area contributed by atoms with Crippen LogP contribution in [0.5, 0.6) is 5.75 Å². The van der Waals surface area contributed by atoms with Gasteiger partial charge in [-0.2, -0.15) is 19.0 Å². The van der Waals surface area contributed by atoms with E-state index in [9.17, 15) is 13.6 Å². The number of nitrogens with zero attached hydrogens (tertiary/aromatic N) is 3. The number of oxazole rings is 1. The molecular formula is C20H14F2N6O3. The molecule has 0 saturated carbocycles. The van der Waals surface area contributed by atoms with Crippen LogP contribution in [-0.4, -0.2) is 21.6 Å². The molecule has 0 radical (unpaired) electrons. The molecule has 0 saturated heterocycles. The molecule has 0 unspecified atom stereocenters. The summed E-state index contributed by atoms with van der Waals surface area (Å²) in [5.74, 6) is -0.0665. The molecule has 0 bridgehead atoms. The third-order valence-corrected chi connectivity index (χ3v) is 4.17. The SMILES string of the molecule is Cc1cnc(Nc2cc(C#N)cc(OC(F)F)c2)nc1Nc1ccc2oc(=O)[nH]c2c1. The Labute approximate surface area is 173 Å². The molecule has 0 amide bonds. The average molecular weight is 424 g/mol. The second-order valence-electron chi connectivity index (χ2n) is 6.44. The van der Waals surface area contributed by atoms with Crippen molar-refractivity contribution in [3.8, 4) is 11.8 Å². The zero-order chi connectivity index (χ0) is 22.0. The first kappa shape index (κ1) is 19.8. The number of aromatic nitrogens is 3. The molecule has 0 aliphatic rings. The molecule has 4 aromatic rings. The van der Waals surface area contributed by atoms with E-state index in [4.69, 9.17) is 9.68 Å². The molecule has 31 heavy (non-hydrogen) atoms. The number of aryl methyl sites for hydroxylation is 1. The van der Waals surface area contributed by atoms with Crippen molar-refractivity contribution in [1.29, 1.82) is 5.26 Å². The topological polar surface area (TPSA) is 129 Å². The van der Waals surface area contributed by atoms with Crippen molar-refractivity contribution in [3.05, 3.63) is 64.3 Å². The molecule has 11 heteroatoms. The second-order valence-corrected chi connectivity index (χ2v) is 6.44. The Balaban J connectivity index is 1.60. The number of ether oxygens (including phenoxy) is 1. The van der Waals surface area contributed by atoms with Gasteiger partial charge in [-0.1, -0.05) is 0 Å². The summed E-state index contributed by atoms with van der Waals surface area (Å²) in [7, 11) is 0. The lowest BCUT2D eigenvalue weighted by Gasteiger charge is -2.12. The van der Waals surface area contributed by atoms with Crippen LogP contribution in [0.2, 0.25) is 0 Å². The van der Waals surface area contributed by atoms with Gasteiger partial charge in [-0.3, -0.25) is 4.98 Å². The summed E-state index contributed by atoms with van der Waals surface area (Å²) < 4.78 is 34.4. The van der Waals surface area contributed by atoms with E-state index >= 15 is 0 Å². The number of aromatic amines is 1. The number of anilines is 4. The summed E-state index contributed by atoms with van der Waals surface area (Å²) in [6.07, 6.45) is 1.57. The van der Waals surface area contributed by atoms with E-state index in [1.807, 2.05) is 6.07 Å². The highest BCUT2D eigenvalue weighted by Crippen LogP contribution is 2.26. The summed E-state index contributed by atoms with van der Waals surface area (Å²) in [5, 5.41) is 15.1. The van der Waals surface area contributed by atoms with Gasteiger partial charge in [-0.25, -0.2) is 9.78 Å². The number of nitrogens with one attached hydrogen (secondary N) is 3. The number of nitriles is 1. The van der Waals surface area contributed by atoms with Crippen LogP contribution in [0, 0.1) is 18.3 Å². The number of rotatable bonds is 6. The van der Waals surface area contributed by atoms with Crippen LogP contribution >= 0.6 is 0 Å². The van der Waals surface area contributed by atoms with Crippen molar-refractivity contribution in [2.24, 2.45) is 0 Å². The van der Waals surface area contributed by atoms with Gasteiger partial charge in [0.2, 0.25) is 5.95 Å². The van der Waals surface area contributed by atoms with Gasteiger partial charge in [0.05, 0.1) is 17.1 Å². The van der Waals surface area contributed by atoms with Gasteiger partial charge in [0.25, 0.3) is 0 Å². The van der Waals surface area contributed by atoms with Crippen molar-refractivity contribution >= 4 is 34.2 Å². The maximum Gasteiger partial charge on any atom is 0.417 e. The number of hydrogen-bond donors (Lipinski definition) is 3. The Kier molecular flexibility index (Phi) is 5.19. The molecule has 4 rings (SSSR count). The van der Waals surface area contributed by atoms with Crippen LogP contribution in [0.4, 0.5) is 31.9 Å². The number of alkyl halides is 2. The van der Waals surface area contributed by atoms with Gasteiger partial charge < -0.3 is 19.8 Å². The summed E-state index contributed by atoms with van der Waals surface area (Å²) in [5.41, 5.74) is 2.78. The predicted molar refractivity (Wildman–Crippen MR) is 108 cm³/mol. The first-order valence-electron chi connectivity index (χ1n) is 8.90. The fourth-order valence-corrected chi connectivity index (χ4v) is 2.83. The van der Waals surface area contributed by atoms with Crippen molar-refractivity contribution in [2.45, 2.75) is 13.5 Å². The maximum atomic E-state index is 12.5. The first-order chi connectivity index (χ1) is 14.9. The highest BCUT2D eigenvalue weighted by Gasteiger charge is 2.10. The van der Waals surface area contributed by atoms with Gasteiger partial charge in [0.15, 0.2) is 5.58 Å². The number of hydrogen-bond acceptors (Lipinski definition) is 8. The summed E-state index contributed by atoms with van der Waals surface area (Å²) in [6.45, 7) is -1.22. The molecule has 2 aromatic heterocycles. The lowest BCUT2D eigenvalue weighted by atomic mass is 10.2. The lowest BCUT2D eigenvalue weighted by molar-refractivity contribution is -0.0498. The number of halogens is 2. The van der Waals surface area contributed by atoms with Crippen LogP contribution in [0.15, 0.2) is 51.8 Å². The minimum Gasteiger partial charge on any atom is -0.435 e. The van der Waals surface area contributed by atoms with Crippen molar-refractivity contribution in [1.82, 2.24) is 15.0 Å². The summed E-state index contributed by atoms with van der Waals surface area (Å²) >= 11 is 0. The number of benzene rings is 2. The third kappa shape index (κ3) is 4.59. The second kappa shape index (κ2) is 8.11. The molecule has 156 valence electrons. The Hall–Kier alpha value is -4.46.